The maximum atomic E-state index is 14.0. The molecule has 0 saturated heterocycles. The van der Waals surface area contributed by atoms with E-state index in [1.807, 2.05) is 0 Å². The zero-order chi connectivity index (χ0) is 59.1. The van der Waals surface area contributed by atoms with Crippen molar-refractivity contribution in [2.75, 3.05) is 13.2 Å². The minimum absolute atomic E-state index is 0.000630. The molecule has 2 heterocycles. The van der Waals surface area contributed by atoms with Crippen LogP contribution in [0.25, 0.3) is 0 Å². The highest BCUT2D eigenvalue weighted by Crippen LogP contribution is 2.45. The van der Waals surface area contributed by atoms with Crippen LogP contribution in [0.1, 0.15) is 82.0 Å². The van der Waals surface area contributed by atoms with Gasteiger partial charge in [0.2, 0.25) is 82.5 Å². The number of fused-ring (bicyclic) bond motifs is 2. The summed E-state index contributed by atoms with van der Waals surface area (Å²) in [6.45, 7) is -0.177. The molecule has 0 N–H and O–H groups in total. The van der Waals surface area contributed by atoms with E-state index in [0.29, 0.717) is 0 Å². The summed E-state index contributed by atoms with van der Waals surface area (Å²) in [6.07, 6.45) is -16.9. The molecule has 0 unspecified atom stereocenters. The number of alkyl halides is 10. The molecule has 80 heavy (non-hydrogen) atoms. The third kappa shape index (κ3) is 12.8. The summed E-state index contributed by atoms with van der Waals surface area (Å²) < 4.78 is 337. The molecule has 0 amide bonds. The highest BCUT2D eigenvalue weighted by atomic mass is 32.2. The van der Waals surface area contributed by atoms with Crippen LogP contribution in [0.5, 0.6) is 23.0 Å². The molecule has 0 fully saturated rings. The Balaban J connectivity index is 0.000000231. The lowest BCUT2D eigenvalue weighted by Crippen LogP contribution is -2.19. The van der Waals surface area contributed by atoms with Gasteiger partial charge in [0.05, 0.1) is 24.3 Å². The van der Waals surface area contributed by atoms with E-state index in [0.717, 1.165) is 72.8 Å². The molecule has 0 aromatic heterocycles. The first-order valence-electron chi connectivity index (χ1n) is 22.6. The van der Waals surface area contributed by atoms with Crippen LogP contribution in [0.15, 0.2) is 82.6 Å². The van der Waals surface area contributed by atoms with Crippen LogP contribution in [-0.2, 0) is 45.4 Å². The van der Waals surface area contributed by atoms with E-state index in [2.05, 4.69) is 8.37 Å². The van der Waals surface area contributed by atoms with Crippen LogP contribution in [0.2, 0.25) is 0 Å². The van der Waals surface area contributed by atoms with Gasteiger partial charge in [0.1, 0.15) is 21.3 Å². The predicted molar refractivity (Wildman–Crippen MR) is 236 cm³/mol. The van der Waals surface area contributed by atoms with Gasteiger partial charge >= 0.3 is 32.6 Å². The van der Waals surface area contributed by atoms with Crippen molar-refractivity contribution < 1.29 is 122 Å². The fourth-order valence-corrected chi connectivity index (χ4v) is 10.4. The summed E-state index contributed by atoms with van der Waals surface area (Å²) in [4.78, 5) is -1.61. The maximum absolute atomic E-state index is 14.0. The molecule has 0 saturated carbocycles. The molecule has 30 heteroatoms. The fraction of sp³-hybridized carbons (Fsp3) is 0.280. The molecule has 0 bridgehead atoms. The van der Waals surface area contributed by atoms with E-state index in [9.17, 15) is 105 Å². The van der Waals surface area contributed by atoms with Gasteiger partial charge in [-0.1, -0.05) is 24.3 Å². The number of benzene rings is 6. The number of ether oxygens (including phenoxy) is 2. The lowest BCUT2D eigenvalue weighted by molar-refractivity contribution is -0.138. The zero-order valence-electron chi connectivity index (χ0n) is 39.5. The highest BCUT2D eigenvalue weighted by Gasteiger charge is 2.38. The Labute approximate surface area is 438 Å². The van der Waals surface area contributed by atoms with Gasteiger partial charge in [-0.25, -0.2) is 43.9 Å². The predicted octanol–water partition coefficient (Wildman–Crippen LogP) is 14.6. The Kier molecular flexibility index (Phi) is 17.6. The molecular weight excluding hydrogens is 1170 g/mol. The summed E-state index contributed by atoms with van der Waals surface area (Å²) in [7, 11) is -10.4. The molecule has 0 radical (unpaired) electrons. The number of rotatable bonds is 14. The van der Waals surface area contributed by atoms with Crippen molar-refractivity contribution in [2.45, 2.75) is 85.4 Å². The van der Waals surface area contributed by atoms with E-state index in [4.69, 9.17) is 9.47 Å². The van der Waals surface area contributed by atoms with Crippen LogP contribution < -0.4 is 17.8 Å². The van der Waals surface area contributed by atoms with Crippen LogP contribution >= 0.6 is 0 Å². The number of hydrogen-bond acceptors (Lipinski definition) is 8. The summed E-state index contributed by atoms with van der Waals surface area (Å²) in [6, 6.07) is 11.1. The average molecular weight is 1200 g/mol. The second-order valence-corrected chi connectivity index (χ2v) is 20.4. The monoisotopic (exact) mass is 1200 g/mol. The quantitative estimate of drug-likeness (QED) is 0.0460. The van der Waals surface area contributed by atoms with Gasteiger partial charge in [-0.05, 0) is 84.3 Å². The minimum Gasteiger partial charge on any atom is -0.493 e. The topological polar surface area (TPSA) is 105 Å². The van der Waals surface area contributed by atoms with Crippen molar-refractivity contribution in [1.29, 1.82) is 0 Å². The minimum atomic E-state index is -5.19. The van der Waals surface area contributed by atoms with Crippen LogP contribution in [0.4, 0.5) is 87.8 Å². The Morgan fingerprint density at radius 1 is 0.438 bits per heavy atom. The Bertz CT molecular complexity index is 3280. The van der Waals surface area contributed by atoms with E-state index >= 15 is 0 Å². The maximum Gasteiger partial charge on any atom is 0.416 e. The largest absolute Gasteiger partial charge is 0.493 e. The van der Waals surface area contributed by atoms with E-state index in [-0.39, 0.29) is 83.8 Å². The van der Waals surface area contributed by atoms with Gasteiger partial charge in [-0.2, -0.15) is 60.7 Å². The molecule has 8 rings (SSSR count). The molecule has 8 nitrogen and oxygen atoms in total. The van der Waals surface area contributed by atoms with Gasteiger partial charge in [0.25, 0.3) is 0 Å². The summed E-state index contributed by atoms with van der Waals surface area (Å²) >= 11 is 0. The molecule has 2 atom stereocenters. The summed E-state index contributed by atoms with van der Waals surface area (Å²) in [5.74, 6) is -30.7. The molecule has 2 aliphatic heterocycles. The Hall–Kier alpha value is -6.98. The Morgan fingerprint density at radius 3 is 1.04 bits per heavy atom. The van der Waals surface area contributed by atoms with E-state index in [1.165, 1.54) is 0 Å². The van der Waals surface area contributed by atoms with Gasteiger partial charge in [-0.15, -0.1) is 0 Å². The van der Waals surface area contributed by atoms with Crippen LogP contribution in [0.3, 0.4) is 0 Å². The lowest BCUT2D eigenvalue weighted by Gasteiger charge is -2.29. The van der Waals surface area contributed by atoms with Crippen LogP contribution in [-0.4, -0.2) is 42.9 Å². The zero-order valence-corrected chi connectivity index (χ0v) is 41.2. The number of aryl methyl sites for hydroxylation is 2. The van der Waals surface area contributed by atoms with Gasteiger partial charge < -0.3 is 17.8 Å². The summed E-state index contributed by atoms with van der Waals surface area (Å²) in [5.41, 5.74) is -1.05. The van der Waals surface area contributed by atoms with Gasteiger partial charge in [0.15, 0.2) is 0 Å². The third-order valence-corrected chi connectivity index (χ3v) is 14.7. The molecule has 2 aliphatic rings. The molecule has 0 spiro atoms. The standard InChI is InChI=1S/2C25H16F10O4S/c2*26-18(27)6-1-11-9-12(25(33,34)35)2-4-14(11)15-7-8-38-17-10-13(3-5-16(15)17)40(36,37)39-24-22(31)20(29)19(28)21(30)23(24)32/h2*2-5,9-10,15,18H,1,6-8H2/t2*15-/m10/s1. The normalized spacial score (nSPS) is 15.6. The van der Waals surface area contributed by atoms with Crippen LogP contribution in [0, 0.1) is 58.2 Å². The molecule has 432 valence electrons. The van der Waals surface area contributed by atoms with Crippen molar-refractivity contribution in [3.8, 4) is 23.0 Å². The van der Waals surface area contributed by atoms with E-state index in [1.54, 1.807) is 0 Å². The second kappa shape index (κ2) is 23.2. The molecule has 6 aromatic carbocycles. The first-order chi connectivity index (χ1) is 37.2. The van der Waals surface area contributed by atoms with Crippen molar-refractivity contribution >= 4 is 20.2 Å². The van der Waals surface area contributed by atoms with E-state index < -0.39 is 161 Å². The lowest BCUT2D eigenvalue weighted by atomic mass is 9.82. The average Bonchev–Trinajstić information content (AvgIpc) is 3.49. The number of hydrogen-bond donors (Lipinski definition) is 0. The third-order valence-electron chi connectivity index (χ3n) is 12.3. The summed E-state index contributed by atoms with van der Waals surface area (Å²) in [5, 5.41) is 0. The van der Waals surface area contributed by atoms with Crippen molar-refractivity contribution in [2.24, 2.45) is 0 Å². The smallest absolute Gasteiger partial charge is 0.416 e. The Morgan fingerprint density at radius 2 is 0.738 bits per heavy atom. The SMILES string of the molecule is O=S(=O)(Oc1c(F)c(F)c(F)c(F)c1F)c1ccc2c(c1)OCC[C@@H]2c1ccc(C(F)(F)F)cc1CCC(F)F.O=S(=O)(Oc1c(F)c(F)c(F)c(F)c1F)c1ccc2c(c1)OCC[C@H]2c1ccc(C(F)(F)F)cc1CCC(F)F. The van der Waals surface area contributed by atoms with Gasteiger partial charge in [-0.3, -0.25) is 0 Å². The molecule has 0 aliphatic carbocycles. The first-order valence-corrected chi connectivity index (χ1v) is 25.5. The van der Waals surface area contributed by atoms with Gasteiger partial charge in [0, 0.05) is 47.9 Å². The van der Waals surface area contributed by atoms with Crippen molar-refractivity contribution in [1.82, 2.24) is 0 Å². The van der Waals surface area contributed by atoms with Crippen molar-refractivity contribution in [3.63, 3.8) is 0 Å². The second-order valence-electron chi connectivity index (χ2n) is 17.3. The van der Waals surface area contributed by atoms with Crippen molar-refractivity contribution in [3.05, 3.63) is 175 Å². The molecular formula is C50H32F20O8S2. The highest BCUT2D eigenvalue weighted by molar-refractivity contribution is 7.87. The fourth-order valence-electron chi connectivity index (χ4n) is 8.53. The first kappa shape index (κ1) is 60.7. The molecule has 6 aromatic rings. The number of halogens is 20.